The fraction of sp³-hybridized carbons (Fsp3) is 0.579. The maximum absolute atomic E-state index is 13.0. The zero-order valence-corrected chi connectivity index (χ0v) is 15.0. The zero-order chi connectivity index (χ0) is 18.3. The molecule has 1 aliphatic carbocycles. The number of ether oxygens (including phenoxy) is 2. The summed E-state index contributed by atoms with van der Waals surface area (Å²) < 4.78 is 10.3. The summed E-state index contributed by atoms with van der Waals surface area (Å²) in [5.41, 5.74) is 0.702. The van der Waals surface area contributed by atoms with Crippen molar-refractivity contribution in [2.24, 2.45) is 5.41 Å². The Morgan fingerprint density at radius 2 is 1.84 bits per heavy atom. The molecule has 6 heteroatoms. The van der Waals surface area contributed by atoms with Gasteiger partial charge in [0.25, 0.3) is 0 Å². The molecule has 0 bridgehead atoms. The number of rotatable bonds is 9. The molecular formula is C19H27NO5. The maximum atomic E-state index is 13.0. The van der Waals surface area contributed by atoms with Crippen LogP contribution in [0, 0.1) is 5.41 Å². The van der Waals surface area contributed by atoms with Crippen molar-refractivity contribution in [1.82, 2.24) is 4.90 Å². The number of carbonyl (C=O) groups excluding carboxylic acids is 1. The monoisotopic (exact) mass is 349 g/mol. The van der Waals surface area contributed by atoms with Crippen LogP contribution in [0.1, 0.15) is 37.7 Å². The Bertz CT molecular complexity index is 578. The van der Waals surface area contributed by atoms with Crippen LogP contribution in [0.25, 0.3) is 0 Å². The minimum absolute atomic E-state index is 0.188. The Morgan fingerprint density at radius 3 is 2.40 bits per heavy atom. The fourth-order valence-corrected chi connectivity index (χ4v) is 3.51. The van der Waals surface area contributed by atoms with Gasteiger partial charge in [-0.1, -0.05) is 25.0 Å². The van der Waals surface area contributed by atoms with E-state index in [1.807, 2.05) is 19.2 Å². The highest BCUT2D eigenvalue weighted by molar-refractivity contribution is 5.82. The van der Waals surface area contributed by atoms with Gasteiger partial charge in [-0.05, 0) is 37.0 Å². The third-order valence-electron chi connectivity index (χ3n) is 4.85. The molecule has 0 aromatic heterocycles. The van der Waals surface area contributed by atoms with E-state index in [0.717, 1.165) is 37.7 Å². The van der Waals surface area contributed by atoms with Gasteiger partial charge >= 0.3 is 5.97 Å². The average Bonchev–Trinajstić information content (AvgIpc) is 3.08. The van der Waals surface area contributed by atoms with Crippen LogP contribution < -0.4 is 4.74 Å². The maximum Gasteiger partial charge on any atom is 0.341 e. The minimum Gasteiger partial charge on any atom is -0.482 e. The Morgan fingerprint density at radius 1 is 1.20 bits per heavy atom. The molecule has 138 valence electrons. The van der Waals surface area contributed by atoms with Gasteiger partial charge in [0.2, 0.25) is 5.91 Å². The standard InChI is InChI=1S/C19H27NO5/c1-20(18(23)19(11-12-24-2)9-3-4-10-19)13-15-5-7-16(8-6-15)25-14-17(21)22/h5-8H,3-4,9-14H2,1-2H3,(H,21,22). The Balaban J connectivity index is 1.96. The van der Waals surface area contributed by atoms with Crippen molar-refractivity contribution < 1.29 is 24.2 Å². The largest absolute Gasteiger partial charge is 0.482 e. The summed E-state index contributed by atoms with van der Waals surface area (Å²) in [4.78, 5) is 25.3. The lowest BCUT2D eigenvalue weighted by molar-refractivity contribution is -0.142. The molecule has 1 aromatic carbocycles. The number of nitrogens with zero attached hydrogens (tertiary/aromatic N) is 1. The van der Waals surface area contributed by atoms with E-state index < -0.39 is 5.97 Å². The van der Waals surface area contributed by atoms with E-state index in [-0.39, 0.29) is 17.9 Å². The van der Waals surface area contributed by atoms with Gasteiger partial charge in [0, 0.05) is 27.3 Å². The van der Waals surface area contributed by atoms with Gasteiger partial charge in [-0.25, -0.2) is 4.79 Å². The minimum atomic E-state index is -1.01. The van der Waals surface area contributed by atoms with Gasteiger partial charge in [-0.3, -0.25) is 4.79 Å². The molecular weight excluding hydrogens is 322 g/mol. The molecule has 6 nitrogen and oxygen atoms in total. The number of carboxylic acid groups (broad SMARTS) is 1. The van der Waals surface area contributed by atoms with Crippen LogP contribution in [0.2, 0.25) is 0 Å². The van der Waals surface area contributed by atoms with Gasteiger partial charge in [-0.2, -0.15) is 0 Å². The molecule has 0 aliphatic heterocycles. The van der Waals surface area contributed by atoms with Crippen molar-refractivity contribution >= 4 is 11.9 Å². The van der Waals surface area contributed by atoms with E-state index in [1.165, 1.54) is 0 Å². The second-order valence-electron chi connectivity index (χ2n) is 6.72. The highest BCUT2D eigenvalue weighted by Gasteiger charge is 2.42. The van der Waals surface area contributed by atoms with E-state index in [0.29, 0.717) is 18.9 Å². The molecule has 0 atom stereocenters. The number of methoxy groups -OCH3 is 1. The third kappa shape index (κ3) is 5.19. The second-order valence-corrected chi connectivity index (χ2v) is 6.72. The van der Waals surface area contributed by atoms with Crippen LogP contribution >= 0.6 is 0 Å². The molecule has 0 heterocycles. The van der Waals surface area contributed by atoms with E-state index in [1.54, 1.807) is 24.1 Å². The second kappa shape index (κ2) is 8.85. The first-order chi connectivity index (χ1) is 12.0. The normalized spacial score (nSPS) is 15.8. The predicted octanol–water partition coefficient (Wildman–Crippen LogP) is 2.71. The molecule has 1 N–H and O–H groups in total. The quantitative estimate of drug-likeness (QED) is 0.742. The van der Waals surface area contributed by atoms with Crippen molar-refractivity contribution in [3.8, 4) is 5.75 Å². The van der Waals surface area contributed by atoms with Crippen molar-refractivity contribution in [3.05, 3.63) is 29.8 Å². The summed E-state index contributed by atoms with van der Waals surface area (Å²) in [7, 11) is 3.51. The first-order valence-electron chi connectivity index (χ1n) is 8.65. The number of benzene rings is 1. The number of carbonyl (C=O) groups is 2. The number of carboxylic acids is 1. The van der Waals surface area contributed by atoms with Crippen LogP contribution in [0.4, 0.5) is 0 Å². The molecule has 0 unspecified atom stereocenters. The highest BCUT2D eigenvalue weighted by atomic mass is 16.5. The van der Waals surface area contributed by atoms with Gasteiger partial charge in [-0.15, -0.1) is 0 Å². The summed E-state index contributed by atoms with van der Waals surface area (Å²) in [6.07, 6.45) is 4.83. The third-order valence-corrected chi connectivity index (χ3v) is 4.85. The lowest BCUT2D eigenvalue weighted by Gasteiger charge is -2.32. The SMILES string of the molecule is COCCC1(C(=O)N(C)Cc2ccc(OCC(=O)O)cc2)CCCC1. The van der Waals surface area contributed by atoms with Gasteiger partial charge in [0.05, 0.1) is 5.41 Å². The van der Waals surface area contributed by atoms with Gasteiger partial charge < -0.3 is 19.5 Å². The number of hydrogen-bond donors (Lipinski definition) is 1. The van der Waals surface area contributed by atoms with Crippen LogP contribution in [-0.4, -0.2) is 49.3 Å². The molecule has 1 aromatic rings. The highest BCUT2D eigenvalue weighted by Crippen LogP contribution is 2.42. The van der Waals surface area contributed by atoms with Crippen LogP contribution in [0.5, 0.6) is 5.75 Å². The van der Waals surface area contributed by atoms with Crippen LogP contribution in [0.3, 0.4) is 0 Å². The Kier molecular flexibility index (Phi) is 6.82. The molecule has 1 aliphatic rings. The molecule has 0 saturated heterocycles. The van der Waals surface area contributed by atoms with Gasteiger partial charge in [0.1, 0.15) is 5.75 Å². The summed E-state index contributed by atoms with van der Waals surface area (Å²) >= 11 is 0. The zero-order valence-electron chi connectivity index (χ0n) is 15.0. The van der Waals surface area contributed by atoms with E-state index >= 15 is 0 Å². The molecule has 0 radical (unpaired) electrons. The summed E-state index contributed by atoms with van der Waals surface area (Å²) in [5, 5.41) is 8.62. The molecule has 1 saturated carbocycles. The topological polar surface area (TPSA) is 76.1 Å². The molecule has 0 spiro atoms. The predicted molar refractivity (Wildman–Crippen MR) is 93.4 cm³/mol. The summed E-state index contributed by atoms with van der Waals surface area (Å²) in [6.45, 7) is 0.766. The van der Waals surface area contributed by atoms with E-state index in [2.05, 4.69) is 0 Å². The van der Waals surface area contributed by atoms with Crippen molar-refractivity contribution in [2.45, 2.75) is 38.6 Å². The Labute approximate surface area is 148 Å². The van der Waals surface area contributed by atoms with Gasteiger partial charge in [0.15, 0.2) is 6.61 Å². The van der Waals surface area contributed by atoms with Crippen molar-refractivity contribution in [3.63, 3.8) is 0 Å². The number of hydrogen-bond acceptors (Lipinski definition) is 4. The summed E-state index contributed by atoms with van der Waals surface area (Å²) in [5.74, 6) is -0.312. The molecule has 1 amide bonds. The molecule has 25 heavy (non-hydrogen) atoms. The average molecular weight is 349 g/mol. The molecule has 2 rings (SSSR count). The van der Waals surface area contributed by atoms with Crippen molar-refractivity contribution in [2.75, 3.05) is 27.4 Å². The van der Waals surface area contributed by atoms with Crippen molar-refractivity contribution in [1.29, 1.82) is 0 Å². The lowest BCUT2D eigenvalue weighted by Crippen LogP contribution is -2.40. The Hall–Kier alpha value is -2.08. The van der Waals surface area contributed by atoms with E-state index in [4.69, 9.17) is 14.6 Å². The first kappa shape index (κ1) is 19.2. The smallest absolute Gasteiger partial charge is 0.341 e. The van der Waals surface area contributed by atoms with Crippen LogP contribution in [0.15, 0.2) is 24.3 Å². The molecule has 1 fully saturated rings. The van der Waals surface area contributed by atoms with Crippen LogP contribution in [-0.2, 0) is 20.9 Å². The number of amides is 1. The summed E-state index contributed by atoms with van der Waals surface area (Å²) in [6, 6.07) is 7.18. The first-order valence-corrected chi connectivity index (χ1v) is 8.65. The fourth-order valence-electron chi connectivity index (χ4n) is 3.51. The van der Waals surface area contributed by atoms with E-state index in [9.17, 15) is 9.59 Å². The lowest BCUT2D eigenvalue weighted by atomic mass is 9.81. The number of aliphatic carboxylic acids is 1.